The van der Waals surface area contributed by atoms with E-state index in [0.29, 0.717) is 4.99 Å². The standard InChI is InChI=1S/C13H22N4S/c1-13(2,9-17(3)4)8-16-11-7-10(12(14)18)5-6-15-11/h5-7H,8-9H2,1-4H3,(H2,14,18)(H,15,16). The van der Waals surface area contributed by atoms with Crippen LogP contribution in [-0.2, 0) is 0 Å². The highest BCUT2D eigenvalue weighted by atomic mass is 32.1. The molecule has 0 spiro atoms. The van der Waals surface area contributed by atoms with Crippen LogP contribution in [0.1, 0.15) is 19.4 Å². The molecule has 0 aliphatic heterocycles. The first-order chi connectivity index (χ1) is 8.30. The van der Waals surface area contributed by atoms with Crippen LogP contribution in [0, 0.1) is 5.41 Å². The van der Waals surface area contributed by atoms with Crippen LogP contribution in [0.5, 0.6) is 0 Å². The largest absolute Gasteiger partial charge is 0.389 e. The fourth-order valence-corrected chi connectivity index (χ4v) is 2.05. The Balaban J connectivity index is 2.63. The highest BCUT2D eigenvalue weighted by Gasteiger charge is 2.18. The van der Waals surface area contributed by atoms with E-state index in [0.717, 1.165) is 24.5 Å². The van der Waals surface area contributed by atoms with E-state index in [1.165, 1.54) is 0 Å². The summed E-state index contributed by atoms with van der Waals surface area (Å²) in [6.07, 6.45) is 1.72. The molecule has 4 nitrogen and oxygen atoms in total. The van der Waals surface area contributed by atoms with Crippen molar-refractivity contribution in [2.45, 2.75) is 13.8 Å². The molecule has 0 fully saturated rings. The second-order valence-corrected chi connectivity index (χ2v) is 5.99. The molecule has 100 valence electrons. The second kappa shape index (κ2) is 6.11. The summed E-state index contributed by atoms with van der Waals surface area (Å²) < 4.78 is 0. The minimum Gasteiger partial charge on any atom is -0.389 e. The van der Waals surface area contributed by atoms with Gasteiger partial charge in [0.1, 0.15) is 10.8 Å². The lowest BCUT2D eigenvalue weighted by molar-refractivity contribution is 0.254. The Hall–Kier alpha value is -1.20. The normalized spacial score (nSPS) is 11.6. The zero-order valence-electron chi connectivity index (χ0n) is 11.5. The minimum absolute atomic E-state index is 0.171. The highest BCUT2D eigenvalue weighted by molar-refractivity contribution is 7.80. The quantitative estimate of drug-likeness (QED) is 0.768. The first-order valence-electron chi connectivity index (χ1n) is 5.95. The van der Waals surface area contributed by atoms with Gasteiger partial charge in [-0.1, -0.05) is 26.1 Å². The van der Waals surface area contributed by atoms with Gasteiger partial charge in [0.25, 0.3) is 0 Å². The van der Waals surface area contributed by atoms with Crippen LogP contribution >= 0.6 is 12.2 Å². The molecule has 1 aromatic rings. The zero-order chi connectivity index (χ0) is 13.8. The molecule has 0 aliphatic carbocycles. The van der Waals surface area contributed by atoms with Gasteiger partial charge in [0.15, 0.2) is 0 Å². The SMILES string of the molecule is CN(C)CC(C)(C)CNc1cc(C(N)=S)ccn1. The van der Waals surface area contributed by atoms with E-state index in [4.69, 9.17) is 18.0 Å². The van der Waals surface area contributed by atoms with Crippen molar-refractivity contribution in [2.75, 3.05) is 32.5 Å². The van der Waals surface area contributed by atoms with Crippen LogP contribution in [0.4, 0.5) is 5.82 Å². The number of pyridine rings is 1. The molecular formula is C13H22N4S. The molecule has 0 saturated carbocycles. The summed E-state index contributed by atoms with van der Waals surface area (Å²) in [5.41, 5.74) is 6.61. The van der Waals surface area contributed by atoms with Crippen molar-refractivity contribution in [2.24, 2.45) is 11.1 Å². The molecule has 3 N–H and O–H groups in total. The zero-order valence-corrected chi connectivity index (χ0v) is 12.3. The third-order valence-corrected chi connectivity index (χ3v) is 2.77. The summed E-state index contributed by atoms with van der Waals surface area (Å²) in [5, 5.41) is 3.33. The summed E-state index contributed by atoms with van der Waals surface area (Å²) in [4.78, 5) is 6.84. The van der Waals surface area contributed by atoms with Crippen molar-refractivity contribution >= 4 is 23.0 Å². The van der Waals surface area contributed by atoms with Gasteiger partial charge < -0.3 is 16.0 Å². The lowest BCUT2D eigenvalue weighted by Crippen LogP contribution is -2.34. The van der Waals surface area contributed by atoms with Crippen molar-refractivity contribution in [1.29, 1.82) is 0 Å². The average molecular weight is 266 g/mol. The molecular weight excluding hydrogens is 244 g/mol. The molecule has 0 unspecified atom stereocenters. The number of nitrogens with two attached hydrogens (primary N) is 1. The summed E-state index contributed by atoms with van der Waals surface area (Å²) in [6.45, 7) is 6.29. The third kappa shape index (κ3) is 4.98. The van der Waals surface area contributed by atoms with Gasteiger partial charge in [-0.05, 0) is 31.6 Å². The molecule has 0 bridgehead atoms. The van der Waals surface area contributed by atoms with E-state index in [-0.39, 0.29) is 5.41 Å². The number of hydrogen-bond donors (Lipinski definition) is 2. The van der Waals surface area contributed by atoms with Gasteiger partial charge in [0.2, 0.25) is 0 Å². The Bertz CT molecular complexity index is 415. The molecule has 1 rings (SSSR count). The first kappa shape index (κ1) is 14.9. The van der Waals surface area contributed by atoms with Gasteiger partial charge in [-0.3, -0.25) is 0 Å². The number of hydrogen-bond acceptors (Lipinski definition) is 4. The van der Waals surface area contributed by atoms with Crippen LogP contribution < -0.4 is 11.1 Å². The molecule has 0 aromatic carbocycles. The van der Waals surface area contributed by atoms with E-state index in [9.17, 15) is 0 Å². The molecule has 18 heavy (non-hydrogen) atoms. The Kier molecular flexibility index (Phi) is 5.04. The Morgan fingerprint density at radius 3 is 2.72 bits per heavy atom. The van der Waals surface area contributed by atoms with Gasteiger partial charge in [0.05, 0.1) is 0 Å². The molecule has 0 saturated heterocycles. The van der Waals surface area contributed by atoms with Crippen LogP contribution in [0.2, 0.25) is 0 Å². The van der Waals surface area contributed by atoms with Gasteiger partial charge in [0, 0.05) is 24.8 Å². The number of rotatable bonds is 6. The topological polar surface area (TPSA) is 54.2 Å². The van der Waals surface area contributed by atoms with Gasteiger partial charge in [-0.2, -0.15) is 0 Å². The minimum atomic E-state index is 0.171. The number of nitrogens with one attached hydrogen (secondary N) is 1. The van der Waals surface area contributed by atoms with Gasteiger partial charge in [-0.25, -0.2) is 4.98 Å². The fourth-order valence-electron chi connectivity index (χ4n) is 1.92. The third-order valence-electron chi connectivity index (χ3n) is 2.54. The van der Waals surface area contributed by atoms with Crippen LogP contribution in [0.3, 0.4) is 0 Å². The van der Waals surface area contributed by atoms with E-state index >= 15 is 0 Å². The molecule has 0 aliphatic rings. The maximum absolute atomic E-state index is 5.60. The Morgan fingerprint density at radius 1 is 1.50 bits per heavy atom. The average Bonchev–Trinajstić information content (AvgIpc) is 2.25. The van der Waals surface area contributed by atoms with E-state index in [1.54, 1.807) is 6.20 Å². The fraction of sp³-hybridized carbons (Fsp3) is 0.538. The van der Waals surface area contributed by atoms with E-state index in [2.05, 4.69) is 43.1 Å². The number of aromatic nitrogens is 1. The maximum Gasteiger partial charge on any atom is 0.126 e. The predicted octanol–water partition coefficient (Wildman–Crippen LogP) is 1.72. The lowest BCUT2D eigenvalue weighted by Gasteiger charge is -2.28. The Labute approximate surface area is 115 Å². The number of anilines is 1. The molecule has 0 radical (unpaired) electrons. The van der Waals surface area contributed by atoms with Crippen molar-refractivity contribution in [3.8, 4) is 0 Å². The maximum atomic E-state index is 5.60. The van der Waals surface area contributed by atoms with Crippen molar-refractivity contribution in [1.82, 2.24) is 9.88 Å². The van der Waals surface area contributed by atoms with Crippen LogP contribution in [0.15, 0.2) is 18.3 Å². The summed E-state index contributed by atoms with van der Waals surface area (Å²) in [6, 6.07) is 3.70. The molecule has 1 aromatic heterocycles. The Morgan fingerprint density at radius 2 is 2.17 bits per heavy atom. The monoisotopic (exact) mass is 266 g/mol. The summed E-state index contributed by atoms with van der Waals surface area (Å²) in [5.74, 6) is 0.812. The van der Waals surface area contributed by atoms with Crippen LogP contribution in [0.25, 0.3) is 0 Å². The van der Waals surface area contributed by atoms with E-state index in [1.807, 2.05) is 12.1 Å². The lowest BCUT2D eigenvalue weighted by atomic mass is 9.93. The first-order valence-corrected chi connectivity index (χ1v) is 6.35. The van der Waals surface area contributed by atoms with Gasteiger partial charge >= 0.3 is 0 Å². The smallest absolute Gasteiger partial charge is 0.126 e. The summed E-state index contributed by atoms with van der Waals surface area (Å²) >= 11 is 4.95. The van der Waals surface area contributed by atoms with Crippen molar-refractivity contribution in [3.63, 3.8) is 0 Å². The number of thiocarbonyl (C=S) groups is 1. The van der Waals surface area contributed by atoms with Crippen molar-refractivity contribution in [3.05, 3.63) is 23.9 Å². The number of nitrogens with zero attached hydrogens (tertiary/aromatic N) is 2. The molecule has 1 heterocycles. The van der Waals surface area contributed by atoms with E-state index < -0.39 is 0 Å². The highest BCUT2D eigenvalue weighted by Crippen LogP contribution is 2.17. The molecule has 5 heteroatoms. The molecule has 0 atom stereocenters. The van der Waals surface area contributed by atoms with Crippen molar-refractivity contribution < 1.29 is 0 Å². The van der Waals surface area contributed by atoms with Crippen LogP contribution in [-0.4, -0.2) is 42.1 Å². The second-order valence-electron chi connectivity index (χ2n) is 5.55. The summed E-state index contributed by atoms with van der Waals surface area (Å²) in [7, 11) is 4.15. The van der Waals surface area contributed by atoms with Gasteiger partial charge in [-0.15, -0.1) is 0 Å². The molecule has 0 amide bonds. The predicted molar refractivity (Wildman–Crippen MR) is 80.9 cm³/mol.